The van der Waals surface area contributed by atoms with Gasteiger partial charge in [0, 0.05) is 13.5 Å². The number of nitrogens with zero attached hydrogens (tertiary/aromatic N) is 1. The van der Waals surface area contributed by atoms with Gasteiger partial charge in [0.2, 0.25) is 5.91 Å². The van der Waals surface area contributed by atoms with Crippen LogP contribution in [0.5, 0.6) is 0 Å². The lowest BCUT2D eigenvalue weighted by Crippen LogP contribution is -2.48. The number of esters is 1. The molecule has 0 bridgehead atoms. The number of likely N-dealkylation sites (tertiary alicyclic amines) is 1. The summed E-state index contributed by atoms with van der Waals surface area (Å²) in [5.74, 6) is -2.66. The molecule has 0 aromatic heterocycles. The molecule has 4 atom stereocenters. The number of carboxylic acid groups (broad SMARTS) is 1. The van der Waals surface area contributed by atoms with Crippen molar-refractivity contribution in [2.45, 2.75) is 63.9 Å². The maximum atomic E-state index is 12.9. The molecular weight excluding hydrogens is 423 g/mol. The van der Waals surface area contributed by atoms with Gasteiger partial charge in [-0.3, -0.25) is 14.7 Å². The van der Waals surface area contributed by atoms with Crippen LogP contribution < -0.4 is 5.09 Å². The van der Waals surface area contributed by atoms with Crippen molar-refractivity contribution in [2.75, 3.05) is 13.3 Å². The molecule has 0 spiro atoms. The largest absolute Gasteiger partial charge is 0.480 e. The fraction of sp³-hybridized carbons (Fsp3) is 0.571. The number of aliphatic carboxylic acids is 1. The molecule has 1 heterocycles. The van der Waals surface area contributed by atoms with Crippen molar-refractivity contribution in [3.8, 4) is 0 Å². The summed E-state index contributed by atoms with van der Waals surface area (Å²) in [6.45, 7) is 2.87. The maximum Gasteiger partial charge on any atom is 0.326 e. The van der Waals surface area contributed by atoms with Gasteiger partial charge in [0.05, 0.1) is 6.04 Å². The number of ether oxygens (including phenoxy) is 2. The van der Waals surface area contributed by atoms with Crippen molar-refractivity contribution in [3.05, 3.63) is 35.9 Å². The third-order valence-electron chi connectivity index (χ3n) is 5.15. The first kappa shape index (κ1) is 25.0. The van der Waals surface area contributed by atoms with E-state index >= 15 is 0 Å². The van der Waals surface area contributed by atoms with Gasteiger partial charge in [0.25, 0.3) is 0 Å². The van der Waals surface area contributed by atoms with E-state index in [9.17, 15) is 24.1 Å². The molecule has 31 heavy (non-hydrogen) atoms. The average molecular weight is 454 g/mol. The van der Waals surface area contributed by atoms with E-state index in [0.717, 1.165) is 12.0 Å². The van der Waals surface area contributed by atoms with Crippen LogP contribution in [-0.4, -0.2) is 59.1 Å². The number of carbonyl (C=O) groups excluding carboxylic acids is 2. The van der Waals surface area contributed by atoms with Crippen molar-refractivity contribution < 1.29 is 33.5 Å². The van der Waals surface area contributed by atoms with Gasteiger partial charge in [-0.2, -0.15) is 0 Å². The minimum Gasteiger partial charge on any atom is -0.480 e. The topological polar surface area (TPSA) is 122 Å². The highest BCUT2D eigenvalue weighted by Crippen LogP contribution is 2.30. The normalized spacial score (nSPS) is 18.9. The van der Waals surface area contributed by atoms with Gasteiger partial charge in [-0.05, 0) is 44.6 Å². The van der Waals surface area contributed by atoms with Gasteiger partial charge in [0.1, 0.15) is 11.9 Å². The lowest BCUT2D eigenvalue weighted by molar-refractivity contribution is -0.155. The van der Waals surface area contributed by atoms with Crippen LogP contribution in [0.4, 0.5) is 0 Å². The standard InChI is InChI=1S/C21H31N2O7P/c1-15(20(25)23-13-7-11-18(23)21(26)27)22-31(28)19(30-14-29-16(2)24)12-6-10-17-8-4-3-5-9-17/h3-5,8-9,15,18-19,31H,6-7,10-14H2,1-2H3,(H,22,28)(H,26,27)/t15-,18-,19?/m0/s1. The van der Waals surface area contributed by atoms with E-state index in [2.05, 4.69) is 5.09 Å². The monoisotopic (exact) mass is 454 g/mol. The number of nitrogens with one attached hydrogen (secondary N) is 1. The Kier molecular flexibility index (Phi) is 10.2. The second-order valence-corrected chi connectivity index (χ2v) is 9.21. The zero-order valence-corrected chi connectivity index (χ0v) is 18.9. The Balaban J connectivity index is 1.93. The Hall–Kier alpha value is -2.22. The minimum absolute atomic E-state index is 0.320. The summed E-state index contributed by atoms with van der Waals surface area (Å²) < 4.78 is 23.3. The van der Waals surface area contributed by atoms with Gasteiger partial charge in [-0.15, -0.1) is 0 Å². The highest BCUT2D eigenvalue weighted by atomic mass is 31.1. The Morgan fingerprint density at radius 3 is 2.65 bits per heavy atom. The Bertz CT molecular complexity index is 774. The number of amides is 1. The first-order chi connectivity index (χ1) is 14.8. The smallest absolute Gasteiger partial charge is 0.326 e. The van der Waals surface area contributed by atoms with Crippen molar-refractivity contribution in [1.29, 1.82) is 0 Å². The molecule has 0 radical (unpaired) electrons. The molecule has 172 valence electrons. The highest BCUT2D eigenvalue weighted by Gasteiger charge is 2.36. The lowest BCUT2D eigenvalue weighted by atomic mass is 10.1. The lowest BCUT2D eigenvalue weighted by Gasteiger charge is -2.26. The second-order valence-electron chi connectivity index (χ2n) is 7.55. The molecule has 2 N–H and O–H groups in total. The number of carbonyl (C=O) groups is 3. The third-order valence-corrected chi connectivity index (χ3v) is 6.91. The summed E-state index contributed by atoms with van der Waals surface area (Å²) in [6.07, 6.45) is 2.95. The molecule has 1 aliphatic rings. The van der Waals surface area contributed by atoms with Crippen LogP contribution in [-0.2, 0) is 34.8 Å². The molecule has 2 unspecified atom stereocenters. The van der Waals surface area contributed by atoms with Crippen LogP contribution in [0.2, 0.25) is 0 Å². The molecule has 1 fully saturated rings. The molecule has 9 nitrogen and oxygen atoms in total. The van der Waals surface area contributed by atoms with E-state index in [1.165, 1.54) is 11.8 Å². The zero-order chi connectivity index (χ0) is 22.8. The van der Waals surface area contributed by atoms with Gasteiger partial charge >= 0.3 is 11.9 Å². The van der Waals surface area contributed by atoms with Crippen LogP contribution in [0.3, 0.4) is 0 Å². The van der Waals surface area contributed by atoms with Crippen molar-refractivity contribution in [1.82, 2.24) is 9.99 Å². The molecule has 1 amide bonds. The van der Waals surface area contributed by atoms with Gasteiger partial charge in [-0.1, -0.05) is 30.3 Å². The first-order valence-corrected chi connectivity index (χ1v) is 11.9. The molecule has 2 rings (SSSR count). The van der Waals surface area contributed by atoms with Crippen molar-refractivity contribution >= 4 is 25.8 Å². The summed E-state index contributed by atoms with van der Waals surface area (Å²) >= 11 is 0. The average Bonchev–Trinajstić information content (AvgIpc) is 3.22. The highest BCUT2D eigenvalue weighted by molar-refractivity contribution is 7.43. The van der Waals surface area contributed by atoms with Crippen molar-refractivity contribution in [3.63, 3.8) is 0 Å². The molecule has 1 aromatic rings. The van der Waals surface area contributed by atoms with E-state index in [1.54, 1.807) is 6.92 Å². The van der Waals surface area contributed by atoms with Crippen LogP contribution in [0.15, 0.2) is 30.3 Å². The predicted octanol–water partition coefficient (Wildman–Crippen LogP) is 2.40. The number of aryl methyl sites for hydroxylation is 1. The Labute approximate surface area is 182 Å². The van der Waals surface area contributed by atoms with Gasteiger partial charge in [-0.25, -0.2) is 4.79 Å². The molecular formula is C21H31N2O7P. The number of hydrogen-bond acceptors (Lipinski definition) is 6. The van der Waals surface area contributed by atoms with Crippen LogP contribution in [0.1, 0.15) is 45.1 Å². The Morgan fingerprint density at radius 1 is 1.29 bits per heavy atom. The van der Waals surface area contributed by atoms with E-state index in [4.69, 9.17) is 9.47 Å². The van der Waals surface area contributed by atoms with Gasteiger partial charge in [0.15, 0.2) is 14.7 Å². The SMILES string of the molecule is CC(=O)OCOC(CCCc1ccccc1)[PH](=O)N[C@@H](C)C(=O)N1CCC[C@H]1C(=O)O. The molecule has 0 saturated carbocycles. The molecule has 1 aromatic carbocycles. The third kappa shape index (κ3) is 8.09. The zero-order valence-electron chi connectivity index (χ0n) is 17.9. The first-order valence-electron chi connectivity index (χ1n) is 10.4. The summed E-state index contributed by atoms with van der Waals surface area (Å²) in [6, 6.07) is 8.18. The molecule has 1 saturated heterocycles. The summed E-state index contributed by atoms with van der Waals surface area (Å²) in [5, 5.41) is 12.1. The second kappa shape index (κ2) is 12.6. The van der Waals surface area contributed by atoms with E-state index in [1.807, 2.05) is 30.3 Å². The number of carboxylic acids is 1. The summed E-state index contributed by atoms with van der Waals surface area (Å²) in [4.78, 5) is 36.4. The number of hydrogen-bond donors (Lipinski definition) is 2. The van der Waals surface area contributed by atoms with E-state index in [0.29, 0.717) is 32.2 Å². The van der Waals surface area contributed by atoms with Crippen LogP contribution in [0.25, 0.3) is 0 Å². The van der Waals surface area contributed by atoms with Crippen molar-refractivity contribution in [2.24, 2.45) is 0 Å². The molecule has 1 aliphatic heterocycles. The summed E-state index contributed by atoms with van der Waals surface area (Å²) in [7, 11) is -2.60. The summed E-state index contributed by atoms with van der Waals surface area (Å²) in [5.41, 5.74) is 1.14. The molecule has 10 heteroatoms. The molecule has 0 aliphatic carbocycles. The van der Waals surface area contributed by atoms with Crippen LogP contribution in [0, 0.1) is 0 Å². The fourth-order valence-electron chi connectivity index (χ4n) is 3.53. The fourth-order valence-corrected chi connectivity index (χ4v) is 4.95. The Morgan fingerprint density at radius 2 is 2.00 bits per heavy atom. The quantitative estimate of drug-likeness (QED) is 0.280. The van der Waals surface area contributed by atoms with Crippen LogP contribution >= 0.6 is 7.95 Å². The van der Waals surface area contributed by atoms with Gasteiger partial charge < -0.3 is 24.0 Å². The van der Waals surface area contributed by atoms with E-state index < -0.39 is 43.7 Å². The van der Waals surface area contributed by atoms with E-state index in [-0.39, 0.29) is 6.79 Å². The number of benzene rings is 1. The minimum atomic E-state index is -2.60. The predicted molar refractivity (Wildman–Crippen MR) is 115 cm³/mol. The number of rotatable bonds is 12. The maximum absolute atomic E-state index is 12.9.